The third-order valence-electron chi connectivity index (χ3n) is 6.25. The highest BCUT2D eigenvalue weighted by Crippen LogP contribution is 2.33. The molecule has 0 saturated heterocycles. The van der Waals surface area contributed by atoms with Crippen LogP contribution >= 0.6 is 0 Å². The van der Waals surface area contributed by atoms with Crippen LogP contribution in [0.2, 0.25) is 0 Å². The first-order valence-electron chi connectivity index (χ1n) is 12.2. The molecule has 7 heteroatoms. The van der Waals surface area contributed by atoms with Gasteiger partial charge < -0.3 is 14.7 Å². The molecule has 7 nitrogen and oxygen atoms in total. The number of aliphatic hydroxyl groups excluding tert-OH is 1. The van der Waals surface area contributed by atoms with Crippen LogP contribution in [-0.4, -0.2) is 34.5 Å². The van der Waals surface area contributed by atoms with E-state index < -0.39 is 11.0 Å². The van der Waals surface area contributed by atoms with Gasteiger partial charge in [-0.3, -0.25) is 14.9 Å². The summed E-state index contributed by atoms with van der Waals surface area (Å²) in [6.45, 7) is 3.56. The van der Waals surface area contributed by atoms with Crippen molar-refractivity contribution in [2.24, 2.45) is 0 Å². The Morgan fingerprint density at radius 3 is 2.11 bits per heavy atom. The third kappa shape index (κ3) is 6.92. The van der Waals surface area contributed by atoms with Gasteiger partial charge in [-0.25, -0.2) is 0 Å². The number of carbonyl (C=O) groups is 1. The van der Waals surface area contributed by atoms with Gasteiger partial charge in [0.25, 0.3) is 5.69 Å². The lowest BCUT2D eigenvalue weighted by Crippen LogP contribution is -2.31. The number of benzene rings is 3. The van der Waals surface area contributed by atoms with E-state index in [1.807, 2.05) is 72.6 Å². The van der Waals surface area contributed by atoms with E-state index in [0.717, 1.165) is 30.4 Å². The van der Waals surface area contributed by atoms with Gasteiger partial charge in [-0.2, -0.15) is 0 Å². The zero-order valence-corrected chi connectivity index (χ0v) is 21.1. The normalized spacial score (nSPS) is 11.8. The van der Waals surface area contributed by atoms with Crippen LogP contribution < -0.4 is 4.74 Å². The van der Waals surface area contributed by atoms with Crippen molar-refractivity contribution in [3.05, 3.63) is 105 Å². The van der Waals surface area contributed by atoms with Gasteiger partial charge in [-0.05, 0) is 56.4 Å². The summed E-state index contributed by atoms with van der Waals surface area (Å²) in [6, 6.07) is 23.1. The minimum atomic E-state index is -0.966. The number of aliphatic hydroxyl groups is 1. The number of nitro benzene ring substituents is 1. The molecule has 0 fully saturated rings. The van der Waals surface area contributed by atoms with Gasteiger partial charge in [-0.1, -0.05) is 60.7 Å². The highest BCUT2D eigenvalue weighted by molar-refractivity contribution is 5.77. The standard InChI is InChI=1S/C29H34N2O5/c1-21-19-25(20-26(22(2)32)28(21)31(34)35)36-18-12-6-11-17-27(33)30(3)29(23-13-7-4-8-14-23)24-15-9-5-10-16-24/h4-5,7-10,13-16,19-20,22,29,32H,6,11-12,17-18H2,1-3H3. The van der Waals surface area contributed by atoms with Crippen molar-refractivity contribution in [3.63, 3.8) is 0 Å². The van der Waals surface area contributed by atoms with Crippen LogP contribution in [0.4, 0.5) is 5.69 Å². The Kier molecular flexibility index (Phi) is 9.59. The van der Waals surface area contributed by atoms with Crippen molar-refractivity contribution in [2.75, 3.05) is 13.7 Å². The predicted octanol–water partition coefficient (Wildman–Crippen LogP) is 6.14. The molecule has 1 atom stereocenters. The molecule has 0 bridgehead atoms. The molecule has 3 rings (SSSR count). The molecule has 36 heavy (non-hydrogen) atoms. The van der Waals surface area contributed by atoms with E-state index in [-0.39, 0.29) is 23.2 Å². The topological polar surface area (TPSA) is 92.9 Å². The lowest BCUT2D eigenvalue weighted by Gasteiger charge is -2.29. The van der Waals surface area contributed by atoms with Crippen LogP contribution in [-0.2, 0) is 4.79 Å². The van der Waals surface area contributed by atoms with E-state index in [0.29, 0.717) is 24.3 Å². The number of carbonyl (C=O) groups excluding carboxylic acids is 1. The van der Waals surface area contributed by atoms with Crippen LogP contribution in [0.15, 0.2) is 72.8 Å². The van der Waals surface area contributed by atoms with Gasteiger partial charge in [0.1, 0.15) is 5.75 Å². The molecule has 190 valence electrons. The number of amides is 1. The Morgan fingerprint density at radius 1 is 1.00 bits per heavy atom. The smallest absolute Gasteiger partial charge is 0.278 e. The fourth-order valence-electron chi connectivity index (χ4n) is 4.40. The van der Waals surface area contributed by atoms with Crippen LogP contribution in [0.3, 0.4) is 0 Å². The lowest BCUT2D eigenvalue weighted by molar-refractivity contribution is -0.386. The number of aryl methyl sites for hydroxylation is 1. The van der Waals surface area contributed by atoms with E-state index in [4.69, 9.17) is 4.74 Å². The molecule has 0 radical (unpaired) electrons. The quantitative estimate of drug-likeness (QED) is 0.187. The van der Waals surface area contributed by atoms with Gasteiger partial charge in [0, 0.05) is 19.0 Å². The Morgan fingerprint density at radius 2 is 1.58 bits per heavy atom. The summed E-state index contributed by atoms with van der Waals surface area (Å²) in [6.07, 6.45) is 1.77. The monoisotopic (exact) mass is 490 g/mol. The van der Waals surface area contributed by atoms with Gasteiger partial charge >= 0.3 is 0 Å². The average molecular weight is 491 g/mol. The van der Waals surface area contributed by atoms with Gasteiger partial charge in [0.15, 0.2) is 0 Å². The molecule has 3 aromatic rings. The first-order chi connectivity index (χ1) is 17.3. The molecule has 0 saturated carbocycles. The summed E-state index contributed by atoms with van der Waals surface area (Å²) >= 11 is 0. The molecule has 0 aliphatic heterocycles. The second kappa shape index (κ2) is 12.8. The van der Waals surface area contributed by atoms with Crippen molar-refractivity contribution in [2.45, 2.75) is 51.7 Å². The van der Waals surface area contributed by atoms with Crippen molar-refractivity contribution < 1.29 is 19.6 Å². The molecule has 0 aliphatic rings. The number of unbranched alkanes of at least 4 members (excludes halogenated alkanes) is 2. The maximum Gasteiger partial charge on any atom is 0.278 e. The number of hydrogen-bond donors (Lipinski definition) is 1. The minimum Gasteiger partial charge on any atom is -0.494 e. The van der Waals surface area contributed by atoms with Crippen molar-refractivity contribution in [3.8, 4) is 5.75 Å². The molecule has 0 aliphatic carbocycles. The van der Waals surface area contributed by atoms with E-state index in [9.17, 15) is 20.0 Å². The molecule has 0 spiro atoms. The lowest BCUT2D eigenvalue weighted by atomic mass is 9.97. The summed E-state index contributed by atoms with van der Waals surface area (Å²) < 4.78 is 5.79. The number of hydrogen-bond acceptors (Lipinski definition) is 5. The van der Waals surface area contributed by atoms with E-state index >= 15 is 0 Å². The summed E-state index contributed by atoms with van der Waals surface area (Å²) in [5, 5.41) is 21.2. The first-order valence-corrected chi connectivity index (χ1v) is 12.2. The third-order valence-corrected chi connectivity index (χ3v) is 6.25. The zero-order chi connectivity index (χ0) is 26.1. The zero-order valence-electron chi connectivity index (χ0n) is 21.1. The van der Waals surface area contributed by atoms with Gasteiger partial charge in [-0.15, -0.1) is 0 Å². The number of rotatable bonds is 12. The average Bonchev–Trinajstić information content (AvgIpc) is 2.86. The largest absolute Gasteiger partial charge is 0.494 e. The summed E-state index contributed by atoms with van der Waals surface area (Å²) in [7, 11) is 1.85. The fourth-order valence-corrected chi connectivity index (χ4v) is 4.40. The van der Waals surface area contributed by atoms with E-state index in [1.54, 1.807) is 13.0 Å². The van der Waals surface area contributed by atoms with Crippen molar-refractivity contribution in [1.29, 1.82) is 0 Å². The number of ether oxygens (including phenoxy) is 1. The molecule has 1 N–H and O–H groups in total. The highest BCUT2D eigenvalue weighted by atomic mass is 16.6. The Hall–Kier alpha value is -3.71. The Bertz CT molecular complexity index is 1110. The second-order valence-corrected chi connectivity index (χ2v) is 9.00. The van der Waals surface area contributed by atoms with Crippen LogP contribution in [0, 0.1) is 17.0 Å². The van der Waals surface area contributed by atoms with E-state index in [2.05, 4.69) is 0 Å². The molecule has 0 aromatic heterocycles. The molecule has 1 unspecified atom stereocenters. The summed E-state index contributed by atoms with van der Waals surface area (Å²) in [5.74, 6) is 0.583. The van der Waals surface area contributed by atoms with Gasteiger partial charge in [0.05, 0.1) is 29.2 Å². The SMILES string of the molecule is Cc1cc(OCCCCCC(=O)N(C)C(c2ccccc2)c2ccccc2)cc(C(C)O)c1[N+](=O)[O-]. The maximum absolute atomic E-state index is 13.0. The highest BCUT2D eigenvalue weighted by Gasteiger charge is 2.24. The second-order valence-electron chi connectivity index (χ2n) is 9.00. The van der Waals surface area contributed by atoms with E-state index in [1.165, 1.54) is 13.0 Å². The number of nitrogens with zero attached hydrogens (tertiary/aromatic N) is 2. The minimum absolute atomic E-state index is 0.0794. The fraction of sp³-hybridized carbons (Fsp3) is 0.345. The van der Waals surface area contributed by atoms with Crippen LogP contribution in [0.5, 0.6) is 5.75 Å². The molecule has 0 heterocycles. The summed E-state index contributed by atoms with van der Waals surface area (Å²) in [4.78, 5) is 25.7. The van der Waals surface area contributed by atoms with Gasteiger partial charge in [0.2, 0.25) is 5.91 Å². The van der Waals surface area contributed by atoms with Crippen molar-refractivity contribution >= 4 is 11.6 Å². The molecule has 3 aromatic carbocycles. The molecule has 1 amide bonds. The maximum atomic E-state index is 13.0. The Labute approximate surface area is 212 Å². The number of nitro groups is 1. The Balaban J connectivity index is 1.52. The molecular weight excluding hydrogens is 456 g/mol. The van der Waals surface area contributed by atoms with Crippen LogP contribution in [0.25, 0.3) is 0 Å². The van der Waals surface area contributed by atoms with Crippen LogP contribution in [0.1, 0.15) is 67.0 Å². The summed E-state index contributed by atoms with van der Waals surface area (Å²) in [5.41, 5.74) is 2.76. The first kappa shape index (κ1) is 26.9. The van der Waals surface area contributed by atoms with Crippen molar-refractivity contribution in [1.82, 2.24) is 4.90 Å². The predicted molar refractivity (Wildman–Crippen MR) is 140 cm³/mol. The molecular formula is C29H34N2O5.